The fourth-order valence-electron chi connectivity index (χ4n) is 2.39. The summed E-state index contributed by atoms with van der Waals surface area (Å²) in [5, 5.41) is 4.28. The molecule has 100 valence electrons. The fourth-order valence-corrected chi connectivity index (χ4v) is 2.39. The SMILES string of the molecule is CN1CCN=C1NCCc1c[nH]c2ccc(F)cc12. The number of guanidine groups is 1. The van der Waals surface area contributed by atoms with Gasteiger partial charge in [0.15, 0.2) is 5.96 Å². The second-order valence-corrected chi connectivity index (χ2v) is 4.81. The number of benzene rings is 1. The van der Waals surface area contributed by atoms with E-state index in [9.17, 15) is 4.39 Å². The summed E-state index contributed by atoms with van der Waals surface area (Å²) in [7, 11) is 2.03. The zero-order valence-electron chi connectivity index (χ0n) is 10.9. The van der Waals surface area contributed by atoms with Crippen LogP contribution in [-0.4, -0.2) is 42.5 Å². The molecular weight excluding hydrogens is 243 g/mol. The fraction of sp³-hybridized carbons (Fsp3) is 0.357. The average Bonchev–Trinajstić information content (AvgIpc) is 2.97. The highest BCUT2D eigenvalue weighted by Gasteiger charge is 2.11. The van der Waals surface area contributed by atoms with Crippen LogP contribution in [0.3, 0.4) is 0 Å². The van der Waals surface area contributed by atoms with E-state index in [-0.39, 0.29) is 5.82 Å². The van der Waals surface area contributed by atoms with E-state index in [1.165, 1.54) is 6.07 Å². The highest BCUT2D eigenvalue weighted by atomic mass is 19.1. The van der Waals surface area contributed by atoms with Crippen molar-refractivity contribution in [1.29, 1.82) is 0 Å². The maximum Gasteiger partial charge on any atom is 0.193 e. The first kappa shape index (κ1) is 12.0. The van der Waals surface area contributed by atoms with Crippen LogP contribution in [0.25, 0.3) is 10.9 Å². The molecular formula is C14H17FN4. The lowest BCUT2D eigenvalue weighted by Gasteiger charge is -2.14. The van der Waals surface area contributed by atoms with Crippen LogP contribution in [0.5, 0.6) is 0 Å². The topological polar surface area (TPSA) is 43.4 Å². The lowest BCUT2D eigenvalue weighted by Crippen LogP contribution is -2.36. The van der Waals surface area contributed by atoms with E-state index in [0.29, 0.717) is 0 Å². The van der Waals surface area contributed by atoms with Gasteiger partial charge in [0, 0.05) is 37.2 Å². The van der Waals surface area contributed by atoms with Gasteiger partial charge in [0.25, 0.3) is 0 Å². The first-order chi connectivity index (χ1) is 9.24. The molecule has 1 aliphatic rings. The Hall–Kier alpha value is -2.04. The predicted octanol–water partition coefficient (Wildman–Crippen LogP) is 1.74. The monoisotopic (exact) mass is 260 g/mol. The third-order valence-corrected chi connectivity index (χ3v) is 3.47. The second-order valence-electron chi connectivity index (χ2n) is 4.81. The van der Waals surface area contributed by atoms with Gasteiger partial charge in [-0.2, -0.15) is 0 Å². The minimum Gasteiger partial charge on any atom is -0.361 e. The molecule has 3 rings (SSSR count). The van der Waals surface area contributed by atoms with Gasteiger partial charge >= 0.3 is 0 Å². The molecule has 2 aromatic rings. The highest BCUT2D eigenvalue weighted by Crippen LogP contribution is 2.19. The summed E-state index contributed by atoms with van der Waals surface area (Å²) in [5.41, 5.74) is 2.11. The largest absolute Gasteiger partial charge is 0.361 e. The molecule has 0 atom stereocenters. The van der Waals surface area contributed by atoms with E-state index in [1.807, 2.05) is 13.2 Å². The minimum atomic E-state index is -0.193. The predicted molar refractivity (Wildman–Crippen MR) is 74.9 cm³/mol. The molecule has 19 heavy (non-hydrogen) atoms. The third kappa shape index (κ3) is 2.41. The summed E-state index contributed by atoms with van der Waals surface area (Å²) >= 11 is 0. The molecule has 0 unspecified atom stereocenters. The molecule has 0 spiro atoms. The van der Waals surface area contributed by atoms with E-state index in [1.54, 1.807) is 12.1 Å². The molecule has 0 radical (unpaired) electrons. The summed E-state index contributed by atoms with van der Waals surface area (Å²) in [5.74, 6) is 0.757. The second kappa shape index (κ2) is 4.91. The molecule has 0 saturated heterocycles. The number of aromatic amines is 1. The van der Waals surface area contributed by atoms with Crippen molar-refractivity contribution in [2.45, 2.75) is 6.42 Å². The quantitative estimate of drug-likeness (QED) is 0.883. The summed E-state index contributed by atoms with van der Waals surface area (Å²) in [4.78, 5) is 9.65. The van der Waals surface area contributed by atoms with Gasteiger partial charge in [0.2, 0.25) is 0 Å². The Morgan fingerprint density at radius 3 is 3.16 bits per heavy atom. The van der Waals surface area contributed by atoms with Crippen LogP contribution in [-0.2, 0) is 6.42 Å². The van der Waals surface area contributed by atoms with Crippen molar-refractivity contribution in [3.05, 3.63) is 35.8 Å². The van der Waals surface area contributed by atoms with E-state index < -0.39 is 0 Å². The number of hydrogen-bond acceptors (Lipinski definition) is 3. The summed E-state index contributed by atoms with van der Waals surface area (Å²) in [6.45, 7) is 2.63. The molecule has 0 amide bonds. The number of aromatic nitrogens is 1. The maximum absolute atomic E-state index is 13.3. The number of likely N-dealkylation sites (N-methyl/N-ethyl adjacent to an activating group) is 1. The zero-order chi connectivity index (χ0) is 13.2. The van der Waals surface area contributed by atoms with E-state index in [0.717, 1.165) is 48.5 Å². The van der Waals surface area contributed by atoms with E-state index >= 15 is 0 Å². The van der Waals surface area contributed by atoms with Crippen molar-refractivity contribution >= 4 is 16.9 Å². The molecule has 0 aliphatic carbocycles. The van der Waals surface area contributed by atoms with Crippen molar-refractivity contribution in [2.24, 2.45) is 4.99 Å². The number of nitrogens with zero attached hydrogens (tertiary/aromatic N) is 2. The Kier molecular flexibility index (Phi) is 3.11. The summed E-state index contributed by atoms with van der Waals surface area (Å²) < 4.78 is 13.3. The van der Waals surface area contributed by atoms with Crippen molar-refractivity contribution < 1.29 is 4.39 Å². The van der Waals surface area contributed by atoms with E-state index in [4.69, 9.17) is 0 Å². The molecule has 0 fully saturated rings. The number of hydrogen-bond donors (Lipinski definition) is 2. The Bertz CT molecular complexity index is 617. The van der Waals surface area contributed by atoms with Crippen LogP contribution in [0.4, 0.5) is 4.39 Å². The number of halogens is 1. The lowest BCUT2D eigenvalue weighted by atomic mass is 10.1. The van der Waals surface area contributed by atoms with Crippen LogP contribution in [0.15, 0.2) is 29.4 Å². The van der Waals surface area contributed by atoms with E-state index in [2.05, 4.69) is 20.2 Å². The number of rotatable bonds is 3. The average molecular weight is 260 g/mol. The first-order valence-electron chi connectivity index (χ1n) is 6.49. The first-order valence-corrected chi connectivity index (χ1v) is 6.49. The summed E-state index contributed by atoms with van der Waals surface area (Å²) in [6, 6.07) is 4.83. The van der Waals surface area contributed by atoms with Crippen molar-refractivity contribution in [3.8, 4) is 0 Å². The van der Waals surface area contributed by atoms with Gasteiger partial charge in [-0.25, -0.2) is 4.39 Å². The van der Waals surface area contributed by atoms with Gasteiger partial charge in [-0.15, -0.1) is 0 Å². The minimum absolute atomic E-state index is 0.193. The van der Waals surface area contributed by atoms with Crippen LogP contribution >= 0.6 is 0 Å². The zero-order valence-corrected chi connectivity index (χ0v) is 10.9. The Labute approximate surface area is 111 Å². The smallest absolute Gasteiger partial charge is 0.193 e. The van der Waals surface area contributed by atoms with Gasteiger partial charge in [0.1, 0.15) is 5.82 Å². The van der Waals surface area contributed by atoms with Crippen LogP contribution in [0.1, 0.15) is 5.56 Å². The van der Waals surface area contributed by atoms with Crippen LogP contribution in [0, 0.1) is 5.82 Å². The number of fused-ring (bicyclic) bond motifs is 1. The highest BCUT2D eigenvalue weighted by molar-refractivity contribution is 5.83. The molecule has 2 N–H and O–H groups in total. The van der Waals surface area contributed by atoms with Gasteiger partial charge in [-0.05, 0) is 30.2 Å². The molecule has 2 heterocycles. The molecule has 4 nitrogen and oxygen atoms in total. The van der Waals surface area contributed by atoms with Crippen molar-refractivity contribution in [3.63, 3.8) is 0 Å². The summed E-state index contributed by atoms with van der Waals surface area (Å²) in [6.07, 6.45) is 2.79. The van der Waals surface area contributed by atoms with Gasteiger partial charge in [-0.3, -0.25) is 4.99 Å². The Morgan fingerprint density at radius 1 is 1.47 bits per heavy atom. The van der Waals surface area contributed by atoms with Crippen molar-refractivity contribution in [1.82, 2.24) is 15.2 Å². The lowest BCUT2D eigenvalue weighted by molar-refractivity contribution is 0.534. The Morgan fingerprint density at radius 2 is 2.37 bits per heavy atom. The molecule has 5 heteroatoms. The van der Waals surface area contributed by atoms with Gasteiger partial charge < -0.3 is 15.2 Å². The standard InChI is InChI=1S/C14H17FN4/c1-19-7-6-17-14(19)16-5-4-10-9-18-13-3-2-11(15)8-12(10)13/h2-3,8-9,18H,4-7H2,1H3,(H,16,17). The number of H-pyrrole nitrogens is 1. The molecule has 1 aromatic carbocycles. The van der Waals surface area contributed by atoms with Gasteiger partial charge in [-0.1, -0.05) is 0 Å². The molecule has 1 aromatic heterocycles. The van der Waals surface area contributed by atoms with Crippen LogP contribution < -0.4 is 5.32 Å². The third-order valence-electron chi connectivity index (χ3n) is 3.47. The van der Waals surface area contributed by atoms with Crippen molar-refractivity contribution in [2.75, 3.05) is 26.7 Å². The van der Waals surface area contributed by atoms with Gasteiger partial charge in [0.05, 0.1) is 6.54 Å². The molecule has 0 saturated carbocycles. The molecule has 0 bridgehead atoms. The normalized spacial score (nSPS) is 15.1. The molecule has 1 aliphatic heterocycles. The number of aliphatic imine (C=N–C) groups is 1. The number of nitrogens with one attached hydrogen (secondary N) is 2. The maximum atomic E-state index is 13.3. The van der Waals surface area contributed by atoms with Crippen LogP contribution in [0.2, 0.25) is 0 Å². The Balaban J connectivity index is 1.67.